The van der Waals surface area contributed by atoms with Crippen molar-refractivity contribution in [2.24, 2.45) is 0 Å². The Morgan fingerprint density at radius 2 is 2.12 bits per heavy atom. The van der Waals surface area contributed by atoms with E-state index in [1.54, 1.807) is 0 Å². The minimum atomic E-state index is -4.03. The minimum Gasteiger partial charge on any atom is -0.374 e. The first-order valence-corrected chi connectivity index (χ1v) is 6.25. The molecule has 1 N–H and O–H groups in total. The van der Waals surface area contributed by atoms with E-state index in [0.717, 1.165) is 26.0 Å². The van der Waals surface area contributed by atoms with Gasteiger partial charge in [0, 0.05) is 25.6 Å². The molecule has 2 unspecified atom stereocenters. The van der Waals surface area contributed by atoms with E-state index in [0.29, 0.717) is 6.42 Å². The van der Waals surface area contributed by atoms with Crippen LogP contribution in [0.25, 0.3) is 0 Å². The molecule has 2 atom stereocenters. The van der Waals surface area contributed by atoms with E-state index in [9.17, 15) is 13.2 Å². The van der Waals surface area contributed by atoms with Crippen LogP contribution in [0.4, 0.5) is 13.2 Å². The molecule has 0 radical (unpaired) electrons. The monoisotopic (exact) mass is 253 g/mol. The van der Waals surface area contributed by atoms with Gasteiger partial charge in [0.15, 0.2) is 0 Å². The Morgan fingerprint density at radius 3 is 2.65 bits per heavy atom. The fourth-order valence-corrected chi connectivity index (χ4v) is 2.08. The SMILES string of the molecule is CC(CCCC(F)(F)F)NCC1(C)CCCO1. The number of rotatable bonds is 6. The van der Waals surface area contributed by atoms with E-state index in [1.165, 1.54) is 0 Å². The highest BCUT2D eigenvalue weighted by Gasteiger charge is 2.30. The lowest BCUT2D eigenvalue weighted by Crippen LogP contribution is -2.41. The van der Waals surface area contributed by atoms with E-state index >= 15 is 0 Å². The van der Waals surface area contributed by atoms with Crippen LogP contribution in [-0.4, -0.2) is 31.0 Å². The summed E-state index contributed by atoms with van der Waals surface area (Å²) in [6, 6.07) is 0.110. The van der Waals surface area contributed by atoms with Gasteiger partial charge in [0.1, 0.15) is 0 Å². The van der Waals surface area contributed by atoms with Gasteiger partial charge >= 0.3 is 6.18 Å². The smallest absolute Gasteiger partial charge is 0.374 e. The fourth-order valence-electron chi connectivity index (χ4n) is 2.08. The van der Waals surface area contributed by atoms with Gasteiger partial charge in [-0.2, -0.15) is 13.2 Å². The highest BCUT2D eigenvalue weighted by Crippen LogP contribution is 2.25. The van der Waals surface area contributed by atoms with Crippen LogP contribution in [0.3, 0.4) is 0 Å². The topological polar surface area (TPSA) is 21.3 Å². The summed E-state index contributed by atoms with van der Waals surface area (Å²) < 4.78 is 41.5. The summed E-state index contributed by atoms with van der Waals surface area (Å²) in [5, 5.41) is 3.26. The quantitative estimate of drug-likeness (QED) is 0.784. The molecule has 0 amide bonds. The molecule has 1 fully saturated rings. The van der Waals surface area contributed by atoms with Gasteiger partial charge in [-0.15, -0.1) is 0 Å². The van der Waals surface area contributed by atoms with E-state index in [1.807, 2.05) is 6.92 Å². The van der Waals surface area contributed by atoms with Gasteiger partial charge in [-0.3, -0.25) is 0 Å². The normalized spacial score (nSPS) is 27.4. The number of halogens is 3. The first kappa shape index (κ1) is 14.8. The third kappa shape index (κ3) is 6.27. The molecule has 0 aromatic heterocycles. The fraction of sp³-hybridized carbons (Fsp3) is 1.00. The van der Waals surface area contributed by atoms with Crippen LogP contribution < -0.4 is 5.32 Å². The molecule has 1 aliphatic rings. The zero-order valence-electron chi connectivity index (χ0n) is 10.6. The second-order valence-corrected chi connectivity index (χ2v) is 5.19. The predicted molar refractivity (Wildman–Crippen MR) is 61.0 cm³/mol. The van der Waals surface area contributed by atoms with Gasteiger partial charge in [0.05, 0.1) is 5.60 Å². The zero-order valence-corrected chi connectivity index (χ0v) is 10.6. The largest absolute Gasteiger partial charge is 0.389 e. The Hall–Kier alpha value is -0.290. The van der Waals surface area contributed by atoms with Crippen molar-refractivity contribution in [2.45, 2.75) is 63.8 Å². The first-order valence-electron chi connectivity index (χ1n) is 6.25. The lowest BCUT2D eigenvalue weighted by molar-refractivity contribution is -0.135. The minimum absolute atomic E-state index is 0.110. The molecule has 1 aliphatic heterocycles. The number of nitrogens with one attached hydrogen (secondary N) is 1. The van der Waals surface area contributed by atoms with Gasteiger partial charge in [-0.05, 0) is 39.5 Å². The maximum absolute atomic E-state index is 12.0. The number of alkyl halides is 3. The molecule has 102 valence electrons. The van der Waals surface area contributed by atoms with Crippen molar-refractivity contribution < 1.29 is 17.9 Å². The second-order valence-electron chi connectivity index (χ2n) is 5.19. The highest BCUT2D eigenvalue weighted by molar-refractivity contribution is 4.83. The molecule has 1 saturated heterocycles. The standard InChI is InChI=1S/C12H22F3NO/c1-10(5-3-7-12(13,14)15)16-9-11(2)6-4-8-17-11/h10,16H,3-9H2,1-2H3. The third-order valence-corrected chi connectivity index (χ3v) is 3.22. The van der Waals surface area contributed by atoms with Gasteiger partial charge in [-0.25, -0.2) is 0 Å². The molecule has 5 heteroatoms. The van der Waals surface area contributed by atoms with Crippen molar-refractivity contribution in [1.82, 2.24) is 5.32 Å². The van der Waals surface area contributed by atoms with E-state index in [4.69, 9.17) is 4.74 Å². The Morgan fingerprint density at radius 1 is 1.41 bits per heavy atom. The molecular formula is C12H22F3NO. The summed E-state index contributed by atoms with van der Waals surface area (Å²) >= 11 is 0. The highest BCUT2D eigenvalue weighted by atomic mass is 19.4. The maximum Gasteiger partial charge on any atom is 0.389 e. The average molecular weight is 253 g/mol. The van der Waals surface area contributed by atoms with Crippen LogP contribution >= 0.6 is 0 Å². The lowest BCUT2D eigenvalue weighted by Gasteiger charge is -2.26. The van der Waals surface area contributed by atoms with Crippen molar-refractivity contribution in [1.29, 1.82) is 0 Å². The van der Waals surface area contributed by atoms with Gasteiger partial charge in [0.2, 0.25) is 0 Å². The second kappa shape index (κ2) is 6.05. The van der Waals surface area contributed by atoms with E-state index in [2.05, 4.69) is 12.2 Å². The molecule has 17 heavy (non-hydrogen) atoms. The van der Waals surface area contributed by atoms with Crippen LogP contribution in [0.5, 0.6) is 0 Å². The Labute approximate surface area is 101 Å². The van der Waals surface area contributed by atoms with Crippen LogP contribution in [0.15, 0.2) is 0 Å². The van der Waals surface area contributed by atoms with Crippen molar-refractivity contribution in [3.05, 3.63) is 0 Å². The van der Waals surface area contributed by atoms with Crippen molar-refractivity contribution >= 4 is 0 Å². The molecule has 1 rings (SSSR count). The number of hydrogen-bond acceptors (Lipinski definition) is 2. The van der Waals surface area contributed by atoms with E-state index < -0.39 is 12.6 Å². The van der Waals surface area contributed by atoms with Crippen molar-refractivity contribution in [2.75, 3.05) is 13.2 Å². The zero-order chi connectivity index (χ0) is 12.9. The molecule has 0 saturated carbocycles. The Bertz CT molecular complexity index is 224. The molecule has 2 nitrogen and oxygen atoms in total. The van der Waals surface area contributed by atoms with Crippen molar-refractivity contribution in [3.63, 3.8) is 0 Å². The molecule has 0 bridgehead atoms. The van der Waals surface area contributed by atoms with Crippen molar-refractivity contribution in [3.8, 4) is 0 Å². The van der Waals surface area contributed by atoms with Crippen LogP contribution in [-0.2, 0) is 4.74 Å². The van der Waals surface area contributed by atoms with Crippen LogP contribution in [0.1, 0.15) is 46.0 Å². The Balaban J connectivity index is 2.10. The summed E-state index contributed by atoms with van der Waals surface area (Å²) in [6.45, 7) is 5.49. The average Bonchev–Trinajstić information content (AvgIpc) is 2.61. The molecule has 0 aliphatic carbocycles. The molecule has 0 spiro atoms. The molecular weight excluding hydrogens is 231 g/mol. The summed E-state index contributed by atoms with van der Waals surface area (Å²) in [4.78, 5) is 0. The maximum atomic E-state index is 12.0. The van der Waals surface area contributed by atoms with Gasteiger partial charge in [-0.1, -0.05) is 0 Å². The number of ether oxygens (including phenoxy) is 1. The van der Waals surface area contributed by atoms with Crippen LogP contribution in [0, 0.1) is 0 Å². The van der Waals surface area contributed by atoms with Crippen LogP contribution in [0.2, 0.25) is 0 Å². The summed E-state index contributed by atoms with van der Waals surface area (Å²) in [6.07, 6.45) is -1.88. The summed E-state index contributed by atoms with van der Waals surface area (Å²) in [7, 11) is 0. The third-order valence-electron chi connectivity index (χ3n) is 3.22. The molecule has 0 aromatic rings. The summed E-state index contributed by atoms with van der Waals surface area (Å²) in [5.41, 5.74) is -0.127. The number of hydrogen-bond donors (Lipinski definition) is 1. The summed E-state index contributed by atoms with van der Waals surface area (Å²) in [5.74, 6) is 0. The molecule has 0 aromatic carbocycles. The van der Waals surface area contributed by atoms with Gasteiger partial charge < -0.3 is 10.1 Å². The Kier molecular flexibility index (Phi) is 5.25. The predicted octanol–water partition coefficient (Wildman–Crippen LogP) is 3.27. The van der Waals surface area contributed by atoms with Gasteiger partial charge in [0.25, 0.3) is 0 Å². The first-order chi connectivity index (χ1) is 7.81. The molecule has 1 heterocycles. The lowest BCUT2D eigenvalue weighted by atomic mass is 10.0. The van der Waals surface area contributed by atoms with E-state index in [-0.39, 0.29) is 18.1 Å².